The van der Waals surface area contributed by atoms with Crippen LogP contribution in [0.15, 0.2) is 42.5 Å². The van der Waals surface area contributed by atoms with Crippen LogP contribution in [-0.4, -0.2) is 25.0 Å². The Balaban J connectivity index is 1.82. The Bertz CT molecular complexity index is 748. The van der Waals surface area contributed by atoms with E-state index in [0.717, 1.165) is 0 Å². The van der Waals surface area contributed by atoms with E-state index in [9.17, 15) is 9.59 Å². The average Bonchev–Trinajstić information content (AvgIpc) is 2.59. The number of carbonyl (C=O) groups excluding carboxylic acids is 2. The van der Waals surface area contributed by atoms with Crippen LogP contribution in [0, 0.1) is 0 Å². The fourth-order valence-electron chi connectivity index (χ4n) is 2.07. The number of rotatable bonds is 7. The van der Waals surface area contributed by atoms with Gasteiger partial charge in [0.05, 0.1) is 22.9 Å². The Labute approximate surface area is 156 Å². The molecule has 0 heterocycles. The smallest absolute Gasteiger partial charge is 0.338 e. The predicted molar refractivity (Wildman–Crippen MR) is 101 cm³/mol. The highest BCUT2D eigenvalue weighted by atomic mass is 35.5. The van der Waals surface area contributed by atoms with Gasteiger partial charge in [-0.1, -0.05) is 23.2 Å². The highest BCUT2D eigenvalue weighted by Gasteiger charge is 2.08. The van der Waals surface area contributed by atoms with Crippen molar-refractivity contribution in [2.24, 2.45) is 0 Å². The van der Waals surface area contributed by atoms with E-state index in [1.807, 2.05) is 0 Å². The number of halogens is 2. The summed E-state index contributed by atoms with van der Waals surface area (Å²) in [7, 11) is 0. The predicted octanol–water partition coefficient (Wildman–Crippen LogP) is 4.61. The third-order valence-electron chi connectivity index (χ3n) is 3.28. The third-order valence-corrected chi connectivity index (χ3v) is 3.84. The molecule has 0 saturated carbocycles. The molecule has 0 fully saturated rings. The fraction of sp³-hybridized carbons (Fsp3) is 0.222. The van der Waals surface area contributed by atoms with Crippen molar-refractivity contribution in [1.82, 2.24) is 0 Å². The largest absolute Gasteiger partial charge is 0.462 e. The summed E-state index contributed by atoms with van der Waals surface area (Å²) in [6.07, 6.45) is 0.252. The average molecular weight is 381 g/mol. The summed E-state index contributed by atoms with van der Waals surface area (Å²) in [6.45, 7) is 2.48. The Morgan fingerprint density at radius 1 is 1.08 bits per heavy atom. The number of esters is 1. The van der Waals surface area contributed by atoms with Gasteiger partial charge in [0.25, 0.3) is 0 Å². The first-order chi connectivity index (χ1) is 12.0. The molecule has 2 rings (SSSR count). The summed E-state index contributed by atoms with van der Waals surface area (Å²) in [5, 5.41) is 6.94. The second-order valence-electron chi connectivity index (χ2n) is 5.15. The number of anilines is 2. The molecular formula is C18H18Cl2N2O3. The van der Waals surface area contributed by atoms with Gasteiger partial charge in [-0.15, -0.1) is 0 Å². The lowest BCUT2D eigenvalue weighted by Gasteiger charge is -2.09. The van der Waals surface area contributed by atoms with Gasteiger partial charge in [0, 0.05) is 23.7 Å². The van der Waals surface area contributed by atoms with Gasteiger partial charge in [-0.2, -0.15) is 0 Å². The molecular weight excluding hydrogens is 363 g/mol. The van der Waals surface area contributed by atoms with Crippen molar-refractivity contribution in [3.05, 3.63) is 58.1 Å². The first kappa shape index (κ1) is 19.1. The van der Waals surface area contributed by atoms with Crippen molar-refractivity contribution < 1.29 is 14.3 Å². The summed E-state index contributed by atoms with van der Waals surface area (Å²) >= 11 is 12.0. The molecule has 0 aliphatic heterocycles. The van der Waals surface area contributed by atoms with Gasteiger partial charge in [-0.25, -0.2) is 4.79 Å². The minimum absolute atomic E-state index is 0.158. The molecule has 2 aromatic carbocycles. The lowest BCUT2D eigenvalue weighted by molar-refractivity contribution is -0.115. The molecule has 0 unspecified atom stereocenters. The number of hydrogen-bond donors (Lipinski definition) is 2. The van der Waals surface area contributed by atoms with E-state index in [4.69, 9.17) is 27.9 Å². The second-order valence-corrected chi connectivity index (χ2v) is 5.99. The summed E-state index contributed by atoms with van der Waals surface area (Å²) < 4.78 is 4.91. The van der Waals surface area contributed by atoms with E-state index in [1.54, 1.807) is 49.4 Å². The van der Waals surface area contributed by atoms with Crippen LogP contribution in [0.2, 0.25) is 10.0 Å². The highest BCUT2D eigenvalue weighted by molar-refractivity contribution is 6.35. The van der Waals surface area contributed by atoms with Crippen LogP contribution in [-0.2, 0) is 9.53 Å². The monoisotopic (exact) mass is 380 g/mol. The molecule has 0 spiro atoms. The minimum Gasteiger partial charge on any atom is -0.462 e. The molecule has 5 nitrogen and oxygen atoms in total. The summed E-state index contributed by atoms with van der Waals surface area (Å²) in [5.41, 5.74) is 1.73. The SMILES string of the molecule is CCOC(=O)c1ccc(NC(=O)CCNc2cc(Cl)ccc2Cl)cc1. The van der Waals surface area contributed by atoms with Crippen molar-refractivity contribution in [2.75, 3.05) is 23.8 Å². The maximum atomic E-state index is 12.0. The lowest BCUT2D eigenvalue weighted by Crippen LogP contribution is -2.16. The number of amides is 1. The van der Waals surface area contributed by atoms with Crippen LogP contribution in [0.25, 0.3) is 0 Å². The Morgan fingerprint density at radius 2 is 1.80 bits per heavy atom. The van der Waals surface area contributed by atoms with E-state index < -0.39 is 0 Å². The lowest BCUT2D eigenvalue weighted by atomic mass is 10.2. The standard InChI is InChI=1S/C18H18Cl2N2O3/c1-2-25-18(24)12-3-6-14(7-4-12)22-17(23)9-10-21-16-11-13(19)5-8-15(16)20/h3-8,11,21H,2,9-10H2,1H3,(H,22,23). The number of nitrogens with one attached hydrogen (secondary N) is 2. The van der Waals surface area contributed by atoms with Crippen molar-refractivity contribution in [3.8, 4) is 0 Å². The Hall–Kier alpha value is -2.24. The zero-order chi connectivity index (χ0) is 18.2. The number of hydrogen-bond acceptors (Lipinski definition) is 4. The third kappa shape index (κ3) is 5.96. The molecule has 0 saturated heterocycles. The van der Waals surface area contributed by atoms with Gasteiger partial charge in [-0.05, 0) is 49.4 Å². The maximum absolute atomic E-state index is 12.0. The van der Waals surface area contributed by atoms with E-state index in [0.29, 0.717) is 40.1 Å². The molecule has 1 amide bonds. The molecule has 0 aliphatic carbocycles. The maximum Gasteiger partial charge on any atom is 0.338 e. The molecule has 7 heteroatoms. The first-order valence-electron chi connectivity index (χ1n) is 7.75. The van der Waals surface area contributed by atoms with Gasteiger partial charge in [0.1, 0.15) is 0 Å². The summed E-state index contributed by atoms with van der Waals surface area (Å²) in [5.74, 6) is -0.544. The molecule has 0 aromatic heterocycles. The molecule has 25 heavy (non-hydrogen) atoms. The minimum atomic E-state index is -0.386. The van der Waals surface area contributed by atoms with Crippen molar-refractivity contribution in [1.29, 1.82) is 0 Å². The van der Waals surface area contributed by atoms with Crippen LogP contribution in [0.1, 0.15) is 23.7 Å². The quantitative estimate of drug-likeness (QED) is 0.688. The summed E-state index contributed by atoms with van der Waals surface area (Å²) in [6, 6.07) is 11.6. The van der Waals surface area contributed by atoms with E-state index in [2.05, 4.69) is 10.6 Å². The van der Waals surface area contributed by atoms with Crippen LogP contribution in [0.5, 0.6) is 0 Å². The van der Waals surface area contributed by atoms with Crippen LogP contribution in [0.3, 0.4) is 0 Å². The number of ether oxygens (including phenoxy) is 1. The Morgan fingerprint density at radius 3 is 2.48 bits per heavy atom. The molecule has 0 atom stereocenters. The number of benzene rings is 2. The van der Waals surface area contributed by atoms with Crippen molar-refractivity contribution >= 4 is 46.5 Å². The fourth-order valence-corrected chi connectivity index (χ4v) is 2.43. The molecule has 2 aromatic rings. The van der Waals surface area contributed by atoms with Gasteiger partial charge in [0.15, 0.2) is 0 Å². The molecule has 0 radical (unpaired) electrons. The molecule has 0 bridgehead atoms. The van der Waals surface area contributed by atoms with Crippen LogP contribution in [0.4, 0.5) is 11.4 Å². The highest BCUT2D eigenvalue weighted by Crippen LogP contribution is 2.25. The Kier molecular flexibility index (Phi) is 7.10. The normalized spacial score (nSPS) is 10.2. The van der Waals surface area contributed by atoms with Gasteiger partial charge in [0.2, 0.25) is 5.91 Å². The number of carbonyl (C=O) groups is 2. The van der Waals surface area contributed by atoms with Crippen molar-refractivity contribution in [3.63, 3.8) is 0 Å². The van der Waals surface area contributed by atoms with Gasteiger partial charge in [-0.3, -0.25) is 4.79 Å². The molecule has 132 valence electrons. The van der Waals surface area contributed by atoms with E-state index in [-0.39, 0.29) is 18.3 Å². The van der Waals surface area contributed by atoms with E-state index >= 15 is 0 Å². The molecule has 2 N–H and O–H groups in total. The summed E-state index contributed by atoms with van der Waals surface area (Å²) in [4.78, 5) is 23.5. The van der Waals surface area contributed by atoms with Crippen LogP contribution < -0.4 is 10.6 Å². The zero-order valence-electron chi connectivity index (χ0n) is 13.6. The second kappa shape index (κ2) is 9.30. The zero-order valence-corrected chi connectivity index (χ0v) is 15.2. The first-order valence-corrected chi connectivity index (χ1v) is 8.51. The van der Waals surface area contributed by atoms with Crippen molar-refractivity contribution in [2.45, 2.75) is 13.3 Å². The molecule has 0 aliphatic rings. The van der Waals surface area contributed by atoms with Crippen LogP contribution >= 0.6 is 23.2 Å². The van der Waals surface area contributed by atoms with E-state index in [1.165, 1.54) is 0 Å². The topological polar surface area (TPSA) is 67.4 Å². The van der Waals surface area contributed by atoms with Gasteiger partial charge < -0.3 is 15.4 Å². The van der Waals surface area contributed by atoms with Gasteiger partial charge >= 0.3 is 5.97 Å².